The Morgan fingerprint density at radius 1 is 0.897 bits per heavy atom. The number of aromatic nitrogens is 2. The molecule has 0 bridgehead atoms. The summed E-state index contributed by atoms with van der Waals surface area (Å²) in [7, 11) is -3.53. The maximum atomic E-state index is 12.9. The summed E-state index contributed by atoms with van der Waals surface area (Å²) in [6, 6.07) is 18.2. The molecule has 1 saturated heterocycles. The van der Waals surface area contributed by atoms with Gasteiger partial charge in [-0.1, -0.05) is 41.9 Å². The number of sulfonamides is 1. The van der Waals surface area contributed by atoms with Crippen molar-refractivity contribution in [3.63, 3.8) is 0 Å². The number of halogens is 1. The molecular weight excluding hydrogens is 408 g/mol. The summed E-state index contributed by atoms with van der Waals surface area (Å²) in [5.41, 5.74) is 1.90. The Morgan fingerprint density at radius 3 is 2.21 bits per heavy atom. The number of aryl methyl sites for hydroxylation is 1. The number of anilines is 1. The van der Waals surface area contributed by atoms with Crippen LogP contribution in [0.15, 0.2) is 65.6 Å². The van der Waals surface area contributed by atoms with E-state index in [1.54, 1.807) is 24.3 Å². The second-order valence-electron chi connectivity index (χ2n) is 6.87. The molecule has 0 atom stereocenters. The quantitative estimate of drug-likeness (QED) is 0.635. The standard InChI is InChI=1S/C21H21ClN4O2S/c1-16-23-20(17-5-3-2-4-6-17)15-21(24-16)25-11-13-26(14-12-25)29(27,28)19-9-7-18(22)8-10-19/h2-10,15H,11-14H2,1H3. The van der Waals surface area contributed by atoms with E-state index in [4.69, 9.17) is 11.6 Å². The van der Waals surface area contributed by atoms with Crippen molar-refractivity contribution in [2.45, 2.75) is 11.8 Å². The van der Waals surface area contributed by atoms with Gasteiger partial charge in [-0.3, -0.25) is 0 Å². The highest BCUT2D eigenvalue weighted by molar-refractivity contribution is 7.89. The molecule has 2 aromatic carbocycles. The summed E-state index contributed by atoms with van der Waals surface area (Å²) in [6.07, 6.45) is 0. The third-order valence-electron chi connectivity index (χ3n) is 4.91. The zero-order valence-electron chi connectivity index (χ0n) is 16.0. The van der Waals surface area contributed by atoms with E-state index in [-0.39, 0.29) is 4.90 Å². The van der Waals surface area contributed by atoms with Crippen LogP contribution >= 0.6 is 11.6 Å². The highest BCUT2D eigenvalue weighted by atomic mass is 35.5. The van der Waals surface area contributed by atoms with Gasteiger partial charge < -0.3 is 4.90 Å². The number of hydrogen-bond acceptors (Lipinski definition) is 5. The molecule has 150 valence electrons. The van der Waals surface area contributed by atoms with E-state index in [9.17, 15) is 8.42 Å². The SMILES string of the molecule is Cc1nc(-c2ccccc2)cc(N2CCN(S(=O)(=O)c3ccc(Cl)cc3)CC2)n1. The highest BCUT2D eigenvalue weighted by Crippen LogP contribution is 2.24. The molecule has 0 spiro atoms. The van der Waals surface area contributed by atoms with Crippen molar-refractivity contribution in [2.75, 3.05) is 31.1 Å². The van der Waals surface area contributed by atoms with Gasteiger partial charge in [0.1, 0.15) is 11.6 Å². The number of hydrogen-bond donors (Lipinski definition) is 0. The summed E-state index contributed by atoms with van der Waals surface area (Å²) < 4.78 is 27.3. The molecule has 4 rings (SSSR count). The van der Waals surface area contributed by atoms with E-state index in [0.29, 0.717) is 37.0 Å². The van der Waals surface area contributed by atoms with Gasteiger partial charge >= 0.3 is 0 Å². The molecule has 0 N–H and O–H groups in total. The van der Waals surface area contributed by atoms with E-state index in [0.717, 1.165) is 17.1 Å². The van der Waals surface area contributed by atoms with Crippen LogP contribution in [0.25, 0.3) is 11.3 Å². The minimum Gasteiger partial charge on any atom is -0.354 e. The van der Waals surface area contributed by atoms with Crippen LogP contribution in [-0.2, 0) is 10.0 Å². The van der Waals surface area contributed by atoms with Crippen molar-refractivity contribution < 1.29 is 8.42 Å². The number of rotatable bonds is 4. The highest BCUT2D eigenvalue weighted by Gasteiger charge is 2.29. The van der Waals surface area contributed by atoms with Crippen molar-refractivity contribution in [3.05, 3.63) is 71.5 Å². The van der Waals surface area contributed by atoms with Gasteiger partial charge in [0.2, 0.25) is 10.0 Å². The third-order valence-corrected chi connectivity index (χ3v) is 7.07. The maximum absolute atomic E-state index is 12.9. The first-order valence-electron chi connectivity index (χ1n) is 9.35. The first-order chi connectivity index (χ1) is 13.9. The molecule has 0 unspecified atom stereocenters. The van der Waals surface area contributed by atoms with Crippen LogP contribution in [0, 0.1) is 6.92 Å². The average molecular weight is 429 g/mol. The van der Waals surface area contributed by atoms with Crippen LogP contribution < -0.4 is 4.90 Å². The minimum atomic E-state index is -3.53. The van der Waals surface area contributed by atoms with Crippen LogP contribution in [0.2, 0.25) is 5.02 Å². The largest absolute Gasteiger partial charge is 0.354 e. The van der Waals surface area contributed by atoms with E-state index in [2.05, 4.69) is 14.9 Å². The average Bonchev–Trinajstić information content (AvgIpc) is 2.74. The van der Waals surface area contributed by atoms with Crippen LogP contribution in [0.5, 0.6) is 0 Å². The topological polar surface area (TPSA) is 66.4 Å². The molecule has 8 heteroatoms. The minimum absolute atomic E-state index is 0.264. The van der Waals surface area contributed by atoms with Crippen LogP contribution in [0.4, 0.5) is 5.82 Å². The van der Waals surface area contributed by atoms with Crippen LogP contribution in [-0.4, -0.2) is 48.9 Å². The summed E-state index contributed by atoms with van der Waals surface area (Å²) >= 11 is 5.88. The second-order valence-corrected chi connectivity index (χ2v) is 9.24. The van der Waals surface area contributed by atoms with E-state index < -0.39 is 10.0 Å². The fourth-order valence-electron chi connectivity index (χ4n) is 3.38. The fraction of sp³-hybridized carbons (Fsp3) is 0.238. The smallest absolute Gasteiger partial charge is 0.243 e. The van der Waals surface area contributed by atoms with Crippen LogP contribution in [0.3, 0.4) is 0 Å². The molecule has 29 heavy (non-hydrogen) atoms. The van der Waals surface area contributed by atoms with Gasteiger partial charge in [-0.15, -0.1) is 0 Å². The normalized spacial score (nSPS) is 15.4. The van der Waals surface area contributed by atoms with E-state index >= 15 is 0 Å². The van der Waals surface area contributed by atoms with Gasteiger partial charge in [0, 0.05) is 42.8 Å². The molecule has 0 radical (unpaired) electrons. The molecule has 1 aromatic heterocycles. The predicted molar refractivity (Wildman–Crippen MR) is 115 cm³/mol. The third kappa shape index (κ3) is 4.27. The molecule has 3 aromatic rings. The molecule has 6 nitrogen and oxygen atoms in total. The zero-order valence-corrected chi connectivity index (χ0v) is 17.6. The summed E-state index contributed by atoms with van der Waals surface area (Å²) in [4.78, 5) is 11.5. The van der Waals surface area contributed by atoms with E-state index in [1.165, 1.54) is 4.31 Å². The van der Waals surface area contributed by atoms with Crippen molar-refractivity contribution in [1.29, 1.82) is 0 Å². The number of piperazine rings is 1. The van der Waals surface area contributed by atoms with Gasteiger partial charge in [-0.2, -0.15) is 4.31 Å². The van der Waals surface area contributed by atoms with Gasteiger partial charge in [0.15, 0.2) is 0 Å². The van der Waals surface area contributed by atoms with Crippen LogP contribution in [0.1, 0.15) is 5.82 Å². The van der Waals surface area contributed by atoms with Crippen molar-refractivity contribution in [2.24, 2.45) is 0 Å². The predicted octanol–water partition coefficient (Wildman–Crippen LogP) is 3.62. The molecule has 1 aliphatic rings. The first-order valence-corrected chi connectivity index (χ1v) is 11.2. The Labute approximate surface area is 175 Å². The maximum Gasteiger partial charge on any atom is 0.243 e. The summed E-state index contributed by atoms with van der Waals surface area (Å²) in [5.74, 6) is 1.51. The van der Waals surface area contributed by atoms with Gasteiger partial charge in [-0.05, 0) is 31.2 Å². The van der Waals surface area contributed by atoms with Gasteiger partial charge in [0.05, 0.1) is 10.6 Å². The van der Waals surface area contributed by atoms with Gasteiger partial charge in [-0.25, -0.2) is 18.4 Å². The number of nitrogens with zero attached hydrogens (tertiary/aromatic N) is 4. The monoisotopic (exact) mass is 428 g/mol. The van der Waals surface area contributed by atoms with E-state index in [1.807, 2.05) is 43.3 Å². The second kappa shape index (κ2) is 8.10. The molecule has 1 fully saturated rings. The molecular formula is C21H21ClN4O2S. The lowest BCUT2D eigenvalue weighted by Gasteiger charge is -2.34. The number of benzene rings is 2. The summed E-state index contributed by atoms with van der Waals surface area (Å²) in [5, 5.41) is 0.516. The molecule has 2 heterocycles. The lowest BCUT2D eigenvalue weighted by atomic mass is 10.1. The molecule has 1 aliphatic heterocycles. The fourth-order valence-corrected chi connectivity index (χ4v) is 4.93. The Bertz CT molecular complexity index is 1100. The van der Waals surface area contributed by atoms with Gasteiger partial charge in [0.25, 0.3) is 0 Å². The summed E-state index contributed by atoms with van der Waals surface area (Å²) in [6.45, 7) is 3.80. The lowest BCUT2D eigenvalue weighted by Crippen LogP contribution is -2.49. The first kappa shape index (κ1) is 19.8. The zero-order chi connectivity index (χ0) is 20.4. The van der Waals surface area contributed by atoms with Crippen molar-refractivity contribution >= 4 is 27.4 Å². The molecule has 0 saturated carbocycles. The molecule has 0 amide bonds. The Balaban J connectivity index is 1.51. The Hall–Kier alpha value is -2.48. The van der Waals surface area contributed by atoms with Crippen molar-refractivity contribution in [3.8, 4) is 11.3 Å². The molecule has 0 aliphatic carbocycles. The Kier molecular flexibility index (Phi) is 5.54. The lowest BCUT2D eigenvalue weighted by molar-refractivity contribution is 0.383. The van der Waals surface area contributed by atoms with Crippen molar-refractivity contribution in [1.82, 2.24) is 14.3 Å². The Morgan fingerprint density at radius 2 is 1.55 bits per heavy atom.